The smallest absolute Gasteiger partial charge is 0.348 e. The molecule has 1 aromatic carbocycles. The number of nitriles is 1. The minimum Gasteiger partial charge on any atom is -0.546 e. The number of hydrogen-bond donors (Lipinski definition) is 0. The number of carbonyl (C=O) groups is 2. The first-order chi connectivity index (χ1) is 10.6. The largest absolute Gasteiger partial charge is 0.546 e. The molecule has 0 fully saturated rings. The van der Waals surface area contributed by atoms with E-state index in [9.17, 15) is 14.7 Å². The Balaban J connectivity index is 2.90. The minimum atomic E-state index is -1.38. The van der Waals surface area contributed by atoms with E-state index in [1.807, 2.05) is 0 Å². The molecule has 0 saturated heterocycles. The van der Waals surface area contributed by atoms with Crippen LogP contribution in [0.25, 0.3) is 6.08 Å². The summed E-state index contributed by atoms with van der Waals surface area (Å²) in [6.07, 6.45) is 1.26. The van der Waals surface area contributed by atoms with Crippen molar-refractivity contribution in [3.8, 4) is 11.8 Å². The molecule has 1 rings (SSSR count). The van der Waals surface area contributed by atoms with Gasteiger partial charge in [-0.2, -0.15) is 5.26 Å². The van der Waals surface area contributed by atoms with Gasteiger partial charge in [0, 0.05) is 12.7 Å². The van der Waals surface area contributed by atoms with Crippen molar-refractivity contribution in [3.05, 3.63) is 35.4 Å². The van der Waals surface area contributed by atoms with Crippen molar-refractivity contribution in [1.29, 1.82) is 5.26 Å². The molecule has 7 heteroatoms. The number of carbonyl (C=O) groups excluding carboxylic acids is 2. The van der Waals surface area contributed by atoms with Gasteiger partial charge in [-0.1, -0.05) is 18.2 Å². The van der Waals surface area contributed by atoms with Crippen molar-refractivity contribution < 1.29 is 28.9 Å². The lowest BCUT2D eigenvalue weighted by atomic mass is 10.1. The van der Waals surface area contributed by atoms with Gasteiger partial charge in [-0.05, 0) is 12.1 Å². The van der Waals surface area contributed by atoms with E-state index in [1.54, 1.807) is 24.3 Å². The molecule has 0 aliphatic carbocycles. The molecule has 0 atom stereocenters. The van der Waals surface area contributed by atoms with E-state index >= 15 is 0 Å². The number of carboxylic acid groups (broad SMARTS) is 1. The first kappa shape index (κ1) is 17.2. The lowest BCUT2D eigenvalue weighted by molar-refractivity contribution is -0.307. The van der Waals surface area contributed by atoms with Crippen LogP contribution >= 0.6 is 0 Å². The molecule has 0 unspecified atom stereocenters. The van der Waals surface area contributed by atoms with Gasteiger partial charge in [0.1, 0.15) is 30.6 Å². The van der Waals surface area contributed by atoms with Crippen molar-refractivity contribution in [2.24, 2.45) is 0 Å². The third-order valence-electron chi connectivity index (χ3n) is 2.43. The van der Waals surface area contributed by atoms with Crippen LogP contribution in [0.4, 0.5) is 0 Å². The number of ether oxygens (including phenoxy) is 3. The van der Waals surface area contributed by atoms with Gasteiger partial charge in [0.2, 0.25) is 0 Å². The Morgan fingerprint density at radius 2 is 2.05 bits per heavy atom. The maximum absolute atomic E-state index is 11.7. The van der Waals surface area contributed by atoms with Gasteiger partial charge in [0.15, 0.2) is 0 Å². The summed E-state index contributed by atoms with van der Waals surface area (Å²) in [6, 6.07) is 8.10. The lowest BCUT2D eigenvalue weighted by Crippen LogP contribution is -2.29. The third-order valence-corrected chi connectivity index (χ3v) is 2.43. The number of carboxylic acids is 1. The molecule has 0 radical (unpaired) electrons. The summed E-state index contributed by atoms with van der Waals surface area (Å²) < 4.78 is 14.6. The molecule has 0 aromatic heterocycles. The normalized spacial score (nSPS) is 10.6. The number of esters is 1. The van der Waals surface area contributed by atoms with Crippen LogP contribution in [0.1, 0.15) is 5.56 Å². The predicted octanol–water partition coefficient (Wildman–Crippen LogP) is -0.0881. The highest BCUT2D eigenvalue weighted by atomic mass is 16.6. The van der Waals surface area contributed by atoms with Crippen molar-refractivity contribution in [3.63, 3.8) is 0 Å². The summed E-state index contributed by atoms with van der Waals surface area (Å²) >= 11 is 0. The van der Waals surface area contributed by atoms with Crippen molar-refractivity contribution in [2.45, 2.75) is 0 Å². The van der Waals surface area contributed by atoms with Gasteiger partial charge < -0.3 is 24.1 Å². The van der Waals surface area contributed by atoms with E-state index in [0.717, 1.165) is 0 Å². The van der Waals surface area contributed by atoms with Crippen molar-refractivity contribution in [1.82, 2.24) is 0 Å². The van der Waals surface area contributed by atoms with Crippen LogP contribution in [0.5, 0.6) is 5.75 Å². The van der Waals surface area contributed by atoms with Crippen LogP contribution in [-0.4, -0.2) is 38.9 Å². The lowest BCUT2D eigenvalue weighted by Gasteiger charge is -2.10. The second-order valence-electron chi connectivity index (χ2n) is 4.00. The summed E-state index contributed by atoms with van der Waals surface area (Å²) in [5.41, 5.74) is 0.143. The Bertz CT molecular complexity index is 602. The quantitative estimate of drug-likeness (QED) is 0.286. The maximum Gasteiger partial charge on any atom is 0.348 e. The molecule has 0 saturated carbocycles. The second kappa shape index (κ2) is 9.15. The van der Waals surface area contributed by atoms with Crippen LogP contribution in [0.15, 0.2) is 29.8 Å². The Labute approximate surface area is 127 Å². The molecule has 1 aromatic rings. The molecule has 0 bridgehead atoms. The zero-order chi connectivity index (χ0) is 16.4. The third kappa shape index (κ3) is 5.64. The van der Waals surface area contributed by atoms with Crippen LogP contribution < -0.4 is 9.84 Å². The molecular weight excluding hydrogens is 290 g/mol. The van der Waals surface area contributed by atoms with Gasteiger partial charge in [-0.3, -0.25) is 0 Å². The van der Waals surface area contributed by atoms with E-state index in [0.29, 0.717) is 5.56 Å². The fourth-order valence-electron chi connectivity index (χ4n) is 1.46. The summed E-state index contributed by atoms with van der Waals surface area (Å²) in [4.78, 5) is 22.1. The van der Waals surface area contributed by atoms with Crippen molar-refractivity contribution in [2.75, 3.05) is 26.9 Å². The highest BCUT2D eigenvalue weighted by Crippen LogP contribution is 2.21. The van der Waals surface area contributed by atoms with E-state index in [2.05, 4.69) is 0 Å². The fraction of sp³-hybridized carbons (Fsp3) is 0.267. The molecule has 22 heavy (non-hydrogen) atoms. The summed E-state index contributed by atoms with van der Waals surface area (Å²) in [5, 5.41) is 19.5. The molecule has 0 aliphatic heterocycles. The van der Waals surface area contributed by atoms with Gasteiger partial charge in [0.05, 0.1) is 12.6 Å². The summed E-state index contributed by atoms with van der Waals surface area (Å²) in [6.45, 7) is -0.391. The first-order valence-corrected chi connectivity index (χ1v) is 6.28. The number of rotatable bonds is 8. The monoisotopic (exact) mass is 304 g/mol. The second-order valence-corrected chi connectivity index (χ2v) is 4.00. The van der Waals surface area contributed by atoms with Gasteiger partial charge in [-0.25, -0.2) is 4.79 Å². The summed E-state index contributed by atoms with van der Waals surface area (Å²) in [7, 11) is 1.46. The fourth-order valence-corrected chi connectivity index (χ4v) is 1.46. The van der Waals surface area contributed by atoms with E-state index in [1.165, 1.54) is 19.3 Å². The Hall–Kier alpha value is -2.85. The molecule has 116 valence electrons. The molecule has 0 N–H and O–H groups in total. The Kier molecular flexibility index (Phi) is 7.16. The van der Waals surface area contributed by atoms with E-state index in [4.69, 9.17) is 19.5 Å². The minimum absolute atomic E-state index is 0.0250. The number of methoxy groups -OCH3 is 1. The topological polar surface area (TPSA) is 109 Å². The average molecular weight is 304 g/mol. The van der Waals surface area contributed by atoms with Gasteiger partial charge in [0.25, 0.3) is 0 Å². The number of benzene rings is 1. The van der Waals surface area contributed by atoms with Crippen LogP contribution in [0.2, 0.25) is 0 Å². The molecule has 0 amide bonds. The average Bonchev–Trinajstić information content (AvgIpc) is 2.51. The predicted molar refractivity (Wildman–Crippen MR) is 73.4 cm³/mol. The maximum atomic E-state index is 11.7. The molecule has 0 heterocycles. The van der Waals surface area contributed by atoms with Crippen molar-refractivity contribution >= 4 is 18.0 Å². The Morgan fingerprint density at radius 3 is 2.68 bits per heavy atom. The van der Waals surface area contributed by atoms with Crippen LogP contribution in [-0.2, 0) is 19.1 Å². The molecule has 0 aliphatic rings. The van der Waals surface area contributed by atoms with E-state index < -0.39 is 18.5 Å². The first-order valence-electron chi connectivity index (χ1n) is 6.28. The molecule has 7 nitrogen and oxygen atoms in total. The van der Waals surface area contributed by atoms with Crippen LogP contribution in [0, 0.1) is 11.3 Å². The number of para-hydroxylation sites is 1. The SMILES string of the molecule is COCCOC(=O)/C(C#N)=C/c1ccccc1OCC(=O)[O-]. The number of nitrogens with zero attached hydrogens (tertiary/aromatic N) is 1. The highest BCUT2D eigenvalue weighted by Gasteiger charge is 2.12. The van der Waals surface area contributed by atoms with E-state index in [-0.39, 0.29) is 24.5 Å². The molecular formula is C15H14NO6-. The zero-order valence-electron chi connectivity index (χ0n) is 11.9. The van der Waals surface area contributed by atoms with Gasteiger partial charge >= 0.3 is 5.97 Å². The summed E-state index contributed by atoms with van der Waals surface area (Å²) in [5.74, 6) is -1.96. The number of hydrogen-bond acceptors (Lipinski definition) is 7. The number of aliphatic carboxylic acids is 1. The van der Waals surface area contributed by atoms with Crippen LogP contribution in [0.3, 0.4) is 0 Å². The molecule has 0 spiro atoms. The van der Waals surface area contributed by atoms with Gasteiger partial charge in [-0.15, -0.1) is 0 Å². The highest BCUT2D eigenvalue weighted by molar-refractivity contribution is 5.98. The standard InChI is InChI=1S/C15H15NO6/c1-20-6-7-21-15(19)12(9-16)8-11-4-2-3-5-13(11)22-10-14(17)18/h2-5,8H,6-7,10H2,1H3,(H,17,18)/p-1/b12-8+. The Morgan fingerprint density at radius 1 is 1.32 bits per heavy atom. The zero-order valence-corrected chi connectivity index (χ0v) is 11.9.